The summed E-state index contributed by atoms with van der Waals surface area (Å²) in [6.45, 7) is 0. The Morgan fingerprint density at radius 1 is 1.14 bits per heavy atom. The van der Waals surface area contributed by atoms with E-state index in [4.69, 9.17) is 0 Å². The summed E-state index contributed by atoms with van der Waals surface area (Å²) in [6.07, 6.45) is 1.60. The van der Waals surface area contributed by atoms with Gasteiger partial charge in [0, 0.05) is 5.39 Å². The van der Waals surface area contributed by atoms with Crippen LogP contribution in [0.25, 0.3) is 10.8 Å². The van der Waals surface area contributed by atoms with Crippen molar-refractivity contribution in [1.29, 1.82) is 0 Å². The van der Waals surface area contributed by atoms with Crippen LogP contribution >= 0.6 is 0 Å². The van der Waals surface area contributed by atoms with Crippen molar-refractivity contribution in [1.82, 2.24) is 9.78 Å². The molecule has 0 saturated carbocycles. The van der Waals surface area contributed by atoms with Gasteiger partial charge in [0.05, 0.1) is 29.1 Å². The Bertz CT molecular complexity index is 863. The first-order chi connectivity index (χ1) is 9.89. The van der Waals surface area contributed by atoms with Crippen LogP contribution in [0, 0.1) is 11.6 Å². The van der Waals surface area contributed by atoms with E-state index in [1.165, 1.54) is 0 Å². The maximum absolute atomic E-state index is 13.8. The third-order valence-electron chi connectivity index (χ3n) is 3.74. The predicted octanol–water partition coefficient (Wildman–Crippen LogP) is 1.42. The first-order valence-corrected chi connectivity index (χ1v) is 8.27. The Morgan fingerprint density at radius 3 is 2.43 bits per heavy atom. The number of nitrogens with zero attached hydrogens (tertiary/aromatic N) is 2. The van der Waals surface area contributed by atoms with Crippen LogP contribution in [0.3, 0.4) is 0 Å². The number of sulfone groups is 1. The summed E-state index contributed by atoms with van der Waals surface area (Å²) in [5.74, 6) is -1.59. The molecule has 0 amide bonds. The first kappa shape index (κ1) is 14.1. The van der Waals surface area contributed by atoms with E-state index < -0.39 is 33.1 Å². The van der Waals surface area contributed by atoms with Gasteiger partial charge in [-0.3, -0.25) is 4.79 Å². The van der Waals surface area contributed by atoms with Gasteiger partial charge in [-0.05, 0) is 25.0 Å². The Balaban J connectivity index is 2.12. The maximum Gasteiger partial charge on any atom is 0.277 e. The number of hydrogen-bond acceptors (Lipinski definition) is 4. The summed E-state index contributed by atoms with van der Waals surface area (Å²) in [5.41, 5.74) is -0.728. The summed E-state index contributed by atoms with van der Waals surface area (Å²) in [4.78, 5) is 12.3. The minimum absolute atomic E-state index is 0.0323. The summed E-state index contributed by atoms with van der Waals surface area (Å²) in [7, 11) is -3.07. The van der Waals surface area contributed by atoms with Gasteiger partial charge in [-0.2, -0.15) is 5.10 Å². The highest BCUT2D eigenvalue weighted by Gasteiger charge is 2.27. The van der Waals surface area contributed by atoms with Crippen molar-refractivity contribution in [3.63, 3.8) is 0 Å². The number of aromatic nitrogens is 2. The third-order valence-corrected chi connectivity index (χ3v) is 5.46. The Kier molecular flexibility index (Phi) is 3.27. The second-order valence-electron chi connectivity index (χ2n) is 5.10. The zero-order valence-corrected chi connectivity index (χ0v) is 11.7. The first-order valence-electron chi connectivity index (χ1n) is 6.45. The summed E-state index contributed by atoms with van der Waals surface area (Å²) >= 11 is 0. The largest absolute Gasteiger partial charge is 0.277 e. The highest BCUT2D eigenvalue weighted by atomic mass is 32.2. The molecule has 0 unspecified atom stereocenters. The predicted molar refractivity (Wildman–Crippen MR) is 72.8 cm³/mol. The number of hydrogen-bond donors (Lipinski definition) is 0. The van der Waals surface area contributed by atoms with Crippen LogP contribution in [0.5, 0.6) is 0 Å². The summed E-state index contributed by atoms with van der Waals surface area (Å²) in [6, 6.07) is 1.43. The smallest absolute Gasteiger partial charge is 0.267 e. The molecule has 0 spiro atoms. The van der Waals surface area contributed by atoms with Crippen molar-refractivity contribution in [3.8, 4) is 0 Å². The van der Waals surface area contributed by atoms with Gasteiger partial charge < -0.3 is 0 Å². The molecule has 0 radical (unpaired) electrons. The molecule has 5 nitrogen and oxygen atoms in total. The van der Waals surface area contributed by atoms with Crippen LogP contribution in [0.15, 0.2) is 23.1 Å². The molecule has 1 fully saturated rings. The molecule has 0 aliphatic carbocycles. The molecule has 1 aliphatic rings. The Hall–Kier alpha value is -1.83. The monoisotopic (exact) mass is 314 g/mol. The molecule has 21 heavy (non-hydrogen) atoms. The van der Waals surface area contributed by atoms with E-state index in [0.29, 0.717) is 0 Å². The van der Waals surface area contributed by atoms with E-state index in [1.54, 1.807) is 0 Å². The van der Waals surface area contributed by atoms with E-state index >= 15 is 0 Å². The molecule has 3 rings (SSSR count). The van der Waals surface area contributed by atoms with Crippen molar-refractivity contribution in [2.24, 2.45) is 0 Å². The van der Waals surface area contributed by atoms with E-state index in [1.807, 2.05) is 0 Å². The highest BCUT2D eigenvalue weighted by Crippen LogP contribution is 2.23. The van der Waals surface area contributed by atoms with Crippen molar-refractivity contribution in [2.45, 2.75) is 18.9 Å². The standard InChI is InChI=1S/C13H12F2N2O3S/c14-10-1-2-11(15)12-9(10)7-16-17(13(12)18)8-3-5-21(19,20)6-4-8/h1-2,7-8H,3-6H2. The van der Waals surface area contributed by atoms with Crippen LogP contribution in [-0.4, -0.2) is 29.7 Å². The molecule has 1 aromatic carbocycles. The lowest BCUT2D eigenvalue weighted by molar-refractivity contribution is 0.398. The maximum atomic E-state index is 13.8. The van der Waals surface area contributed by atoms with Crippen molar-refractivity contribution in [3.05, 3.63) is 40.3 Å². The fourth-order valence-corrected chi connectivity index (χ4v) is 4.05. The van der Waals surface area contributed by atoms with Crippen LogP contribution < -0.4 is 5.56 Å². The van der Waals surface area contributed by atoms with Gasteiger partial charge in [0.2, 0.25) is 0 Å². The molecule has 2 aromatic rings. The fourth-order valence-electron chi connectivity index (χ4n) is 2.58. The normalized spacial score (nSPS) is 19.0. The van der Waals surface area contributed by atoms with Gasteiger partial charge in [-0.1, -0.05) is 0 Å². The Morgan fingerprint density at radius 2 is 1.76 bits per heavy atom. The van der Waals surface area contributed by atoms with Gasteiger partial charge in [-0.15, -0.1) is 0 Å². The quantitative estimate of drug-likeness (QED) is 0.798. The van der Waals surface area contributed by atoms with Crippen molar-refractivity contribution in [2.75, 3.05) is 11.5 Å². The molecule has 1 saturated heterocycles. The lowest BCUT2D eigenvalue weighted by atomic mass is 10.1. The minimum Gasteiger partial charge on any atom is -0.267 e. The zero-order valence-electron chi connectivity index (χ0n) is 10.9. The molecule has 112 valence electrons. The van der Waals surface area contributed by atoms with Crippen LogP contribution in [-0.2, 0) is 9.84 Å². The van der Waals surface area contributed by atoms with E-state index in [9.17, 15) is 22.0 Å². The van der Waals surface area contributed by atoms with Crippen LogP contribution in [0.4, 0.5) is 8.78 Å². The van der Waals surface area contributed by atoms with Gasteiger partial charge in [0.1, 0.15) is 21.5 Å². The SMILES string of the molecule is O=c1c2c(F)ccc(F)c2cnn1C1CCS(=O)(=O)CC1. The molecule has 0 N–H and O–H groups in total. The van der Waals surface area contributed by atoms with Crippen molar-refractivity contribution >= 4 is 20.6 Å². The summed E-state index contributed by atoms with van der Waals surface area (Å²) in [5, 5.41) is 3.37. The Labute approximate surface area is 119 Å². The zero-order chi connectivity index (χ0) is 15.2. The molecule has 0 atom stereocenters. The second-order valence-corrected chi connectivity index (χ2v) is 7.40. The molecule has 1 aromatic heterocycles. The average Bonchev–Trinajstić information content (AvgIpc) is 2.43. The molecule has 1 aliphatic heterocycles. The van der Waals surface area contributed by atoms with Gasteiger partial charge in [0.15, 0.2) is 0 Å². The van der Waals surface area contributed by atoms with Gasteiger partial charge in [-0.25, -0.2) is 21.9 Å². The van der Waals surface area contributed by atoms with Crippen LogP contribution in [0.2, 0.25) is 0 Å². The van der Waals surface area contributed by atoms with E-state index in [0.717, 1.165) is 23.0 Å². The molecule has 2 heterocycles. The molecule has 0 bridgehead atoms. The third kappa shape index (κ3) is 2.44. The number of fused-ring (bicyclic) bond motifs is 1. The number of benzene rings is 1. The highest BCUT2D eigenvalue weighted by molar-refractivity contribution is 7.91. The number of halogens is 2. The topological polar surface area (TPSA) is 69.0 Å². The van der Waals surface area contributed by atoms with E-state index in [-0.39, 0.29) is 35.1 Å². The van der Waals surface area contributed by atoms with Crippen LogP contribution in [0.1, 0.15) is 18.9 Å². The molecular weight excluding hydrogens is 302 g/mol. The second kappa shape index (κ2) is 4.87. The summed E-state index contributed by atoms with van der Waals surface area (Å²) < 4.78 is 51.3. The lowest BCUT2D eigenvalue weighted by Gasteiger charge is -2.23. The van der Waals surface area contributed by atoms with Gasteiger partial charge >= 0.3 is 0 Å². The van der Waals surface area contributed by atoms with Crippen molar-refractivity contribution < 1.29 is 17.2 Å². The molecular formula is C13H12F2N2O3S. The van der Waals surface area contributed by atoms with E-state index in [2.05, 4.69) is 5.10 Å². The minimum atomic E-state index is -3.07. The number of rotatable bonds is 1. The molecule has 8 heteroatoms. The van der Waals surface area contributed by atoms with Gasteiger partial charge in [0.25, 0.3) is 5.56 Å². The lowest BCUT2D eigenvalue weighted by Crippen LogP contribution is -2.33. The fraction of sp³-hybridized carbons (Fsp3) is 0.385. The average molecular weight is 314 g/mol.